The highest BCUT2D eigenvalue weighted by Gasteiger charge is 2.31. The van der Waals surface area contributed by atoms with Gasteiger partial charge in [0.25, 0.3) is 0 Å². The lowest BCUT2D eigenvalue weighted by Crippen LogP contribution is -2.39. The molecule has 1 heterocycles. The van der Waals surface area contributed by atoms with Gasteiger partial charge in [-0.25, -0.2) is 8.42 Å². The predicted molar refractivity (Wildman–Crippen MR) is 78.6 cm³/mol. The van der Waals surface area contributed by atoms with Gasteiger partial charge in [-0.3, -0.25) is 9.71 Å². The molecule has 0 spiro atoms. The fraction of sp³-hybridized carbons (Fsp3) is 0.462. The Morgan fingerprint density at radius 1 is 1.40 bits per heavy atom. The summed E-state index contributed by atoms with van der Waals surface area (Å²) in [6.07, 6.45) is 1.03. The molecule has 0 bridgehead atoms. The molecule has 110 valence electrons. The molecule has 0 saturated carbocycles. The van der Waals surface area contributed by atoms with E-state index in [4.69, 9.17) is 15.9 Å². The van der Waals surface area contributed by atoms with E-state index in [0.29, 0.717) is 37.3 Å². The average Bonchev–Trinajstić information content (AvgIpc) is 2.47. The van der Waals surface area contributed by atoms with Crippen LogP contribution < -0.4 is 10.0 Å². The third-order valence-corrected chi connectivity index (χ3v) is 5.78. The van der Waals surface area contributed by atoms with Crippen LogP contribution in [0.4, 0.5) is 5.69 Å². The van der Waals surface area contributed by atoms with Crippen molar-refractivity contribution in [1.82, 2.24) is 0 Å². The Labute approximate surface area is 119 Å². The van der Waals surface area contributed by atoms with Crippen molar-refractivity contribution >= 4 is 21.5 Å². The zero-order valence-electron chi connectivity index (χ0n) is 11.4. The zero-order valence-corrected chi connectivity index (χ0v) is 12.2. The smallest absolute Gasteiger partial charge is 0.237 e. The van der Waals surface area contributed by atoms with Crippen molar-refractivity contribution < 1.29 is 13.2 Å². The van der Waals surface area contributed by atoms with Gasteiger partial charge in [-0.2, -0.15) is 0 Å². The van der Waals surface area contributed by atoms with Crippen LogP contribution in [0.3, 0.4) is 0 Å². The molecular weight excluding hydrogens is 278 g/mol. The molecule has 0 aliphatic carbocycles. The number of ether oxygens (including phenoxy) is 1. The van der Waals surface area contributed by atoms with E-state index < -0.39 is 15.3 Å². The van der Waals surface area contributed by atoms with Gasteiger partial charge in [0.2, 0.25) is 10.0 Å². The molecule has 1 fully saturated rings. The number of anilines is 1. The Balaban J connectivity index is 2.27. The first-order chi connectivity index (χ1) is 9.43. The number of nitrogens with two attached hydrogens (primary N) is 1. The van der Waals surface area contributed by atoms with E-state index in [9.17, 15) is 8.42 Å². The topological polar surface area (TPSA) is 96.5 Å². The van der Waals surface area contributed by atoms with Crippen LogP contribution in [0.2, 0.25) is 0 Å². The number of hydrogen-bond acceptors (Lipinski definition) is 4. The number of benzene rings is 1. The molecule has 0 aromatic heterocycles. The van der Waals surface area contributed by atoms with E-state index in [1.807, 2.05) is 0 Å². The number of nitrogens with zero attached hydrogens (tertiary/aromatic N) is 1. The lowest BCUT2D eigenvalue weighted by atomic mass is 10.2. The molecule has 0 radical (unpaired) electrons. The minimum absolute atomic E-state index is 0.0799. The van der Waals surface area contributed by atoms with Crippen LogP contribution in [0, 0.1) is 5.41 Å². The largest absolute Gasteiger partial charge is 0.384 e. The van der Waals surface area contributed by atoms with Gasteiger partial charge in [0.05, 0.1) is 10.9 Å². The quantitative estimate of drug-likeness (QED) is 0.638. The molecule has 1 saturated heterocycles. The number of nitrogen functional groups attached to an aromatic ring is 1. The first-order valence-corrected chi connectivity index (χ1v) is 7.93. The maximum Gasteiger partial charge on any atom is 0.237 e. The van der Waals surface area contributed by atoms with Crippen LogP contribution in [0.25, 0.3) is 0 Å². The molecule has 0 unspecified atom stereocenters. The van der Waals surface area contributed by atoms with E-state index in [1.54, 1.807) is 24.3 Å². The number of rotatable bonds is 4. The highest BCUT2D eigenvalue weighted by Crippen LogP contribution is 2.24. The first kappa shape index (κ1) is 14.8. The summed E-state index contributed by atoms with van der Waals surface area (Å²) in [5.41, 5.74) is 6.46. The van der Waals surface area contributed by atoms with Gasteiger partial charge < -0.3 is 10.5 Å². The van der Waals surface area contributed by atoms with E-state index in [2.05, 4.69) is 0 Å². The fourth-order valence-corrected chi connectivity index (χ4v) is 3.86. The van der Waals surface area contributed by atoms with Crippen LogP contribution in [0.5, 0.6) is 0 Å². The predicted octanol–water partition coefficient (Wildman–Crippen LogP) is 0.916. The van der Waals surface area contributed by atoms with Crippen LogP contribution in [0.15, 0.2) is 24.3 Å². The molecule has 1 aliphatic heterocycles. The maximum absolute atomic E-state index is 12.6. The van der Waals surface area contributed by atoms with E-state index in [0.717, 1.165) is 0 Å². The normalized spacial score (nSPS) is 16.9. The summed E-state index contributed by atoms with van der Waals surface area (Å²) in [6, 6.07) is 6.69. The fourth-order valence-electron chi connectivity index (χ4n) is 2.21. The minimum atomic E-state index is -3.42. The molecule has 2 rings (SSSR count). The van der Waals surface area contributed by atoms with Gasteiger partial charge in [0, 0.05) is 25.8 Å². The van der Waals surface area contributed by atoms with E-state index in [-0.39, 0.29) is 5.84 Å². The van der Waals surface area contributed by atoms with Crippen molar-refractivity contribution in [3.8, 4) is 0 Å². The van der Waals surface area contributed by atoms with Crippen LogP contribution >= 0.6 is 0 Å². The van der Waals surface area contributed by atoms with Gasteiger partial charge >= 0.3 is 0 Å². The second-order valence-corrected chi connectivity index (χ2v) is 7.03. The van der Waals surface area contributed by atoms with Crippen molar-refractivity contribution in [3.63, 3.8) is 0 Å². The summed E-state index contributed by atoms with van der Waals surface area (Å²) >= 11 is 0. The summed E-state index contributed by atoms with van der Waals surface area (Å²) in [4.78, 5) is 0. The standard InChI is InChI=1S/C13H19N3O3S/c1-16(11-4-2-3-10(9-11)13(14)15)20(17,18)12-5-7-19-8-6-12/h2-4,9,12H,5-8H2,1H3,(H3,14,15). The molecule has 1 aromatic carbocycles. The Morgan fingerprint density at radius 2 is 2.05 bits per heavy atom. The third-order valence-electron chi connectivity index (χ3n) is 3.49. The van der Waals surface area contributed by atoms with Crippen LogP contribution in [-0.4, -0.2) is 39.8 Å². The molecule has 20 heavy (non-hydrogen) atoms. The lowest BCUT2D eigenvalue weighted by Gasteiger charge is -2.28. The summed E-state index contributed by atoms with van der Waals surface area (Å²) in [7, 11) is -1.88. The zero-order chi connectivity index (χ0) is 14.8. The van der Waals surface area contributed by atoms with Gasteiger partial charge in [-0.1, -0.05) is 12.1 Å². The minimum Gasteiger partial charge on any atom is -0.384 e. The first-order valence-electron chi connectivity index (χ1n) is 6.43. The summed E-state index contributed by atoms with van der Waals surface area (Å²) in [5, 5.41) is 7.00. The maximum atomic E-state index is 12.6. The molecular formula is C13H19N3O3S. The molecule has 0 atom stereocenters. The Hall–Kier alpha value is -1.60. The monoisotopic (exact) mass is 297 g/mol. The molecule has 1 aliphatic rings. The van der Waals surface area contributed by atoms with E-state index in [1.165, 1.54) is 11.4 Å². The Morgan fingerprint density at radius 3 is 2.65 bits per heavy atom. The highest BCUT2D eigenvalue weighted by molar-refractivity contribution is 7.93. The van der Waals surface area contributed by atoms with Gasteiger partial charge in [-0.05, 0) is 25.0 Å². The molecule has 1 aromatic rings. The molecule has 7 heteroatoms. The second kappa shape index (κ2) is 5.80. The van der Waals surface area contributed by atoms with Crippen LogP contribution in [-0.2, 0) is 14.8 Å². The van der Waals surface area contributed by atoms with Gasteiger partial charge in [-0.15, -0.1) is 0 Å². The molecule has 6 nitrogen and oxygen atoms in total. The summed E-state index contributed by atoms with van der Waals surface area (Å²) in [6.45, 7) is 0.955. The van der Waals surface area contributed by atoms with E-state index >= 15 is 0 Å². The Bertz CT molecular complexity index is 595. The average molecular weight is 297 g/mol. The SMILES string of the molecule is CN(c1cccc(C(=N)N)c1)S(=O)(=O)C1CCOCC1. The number of hydrogen-bond donors (Lipinski definition) is 2. The summed E-state index contributed by atoms with van der Waals surface area (Å²) in [5.74, 6) is -0.0799. The molecule has 3 N–H and O–H groups in total. The van der Waals surface area contributed by atoms with Crippen molar-refractivity contribution in [3.05, 3.63) is 29.8 Å². The van der Waals surface area contributed by atoms with Gasteiger partial charge in [0.1, 0.15) is 5.84 Å². The third kappa shape index (κ3) is 2.94. The highest BCUT2D eigenvalue weighted by atomic mass is 32.2. The van der Waals surface area contributed by atoms with Crippen molar-refractivity contribution in [1.29, 1.82) is 5.41 Å². The summed E-state index contributed by atoms with van der Waals surface area (Å²) < 4.78 is 31.6. The number of amidine groups is 1. The second-order valence-electron chi connectivity index (χ2n) is 4.79. The Kier molecular flexibility index (Phi) is 4.29. The molecule has 0 amide bonds. The van der Waals surface area contributed by atoms with Crippen molar-refractivity contribution in [2.45, 2.75) is 18.1 Å². The number of nitrogens with one attached hydrogen (secondary N) is 1. The number of sulfonamides is 1. The van der Waals surface area contributed by atoms with Gasteiger partial charge in [0.15, 0.2) is 0 Å². The van der Waals surface area contributed by atoms with Crippen molar-refractivity contribution in [2.24, 2.45) is 5.73 Å². The van der Waals surface area contributed by atoms with Crippen LogP contribution in [0.1, 0.15) is 18.4 Å². The van der Waals surface area contributed by atoms with Crippen molar-refractivity contribution in [2.75, 3.05) is 24.6 Å². The lowest BCUT2D eigenvalue weighted by molar-refractivity contribution is 0.0983.